The van der Waals surface area contributed by atoms with Gasteiger partial charge >= 0.3 is 0 Å². The van der Waals surface area contributed by atoms with Gasteiger partial charge in [0.1, 0.15) is 0 Å². The van der Waals surface area contributed by atoms with Gasteiger partial charge in [0.2, 0.25) is 0 Å². The molecular formula is C11H17NS. The molecule has 1 nitrogen and oxygen atoms in total. The van der Waals surface area contributed by atoms with Crippen LogP contribution in [0.15, 0.2) is 30.3 Å². The van der Waals surface area contributed by atoms with Crippen LogP contribution in [0.5, 0.6) is 0 Å². The number of rotatable bonds is 6. The topological polar surface area (TPSA) is 12.0 Å². The van der Waals surface area contributed by atoms with Crippen molar-refractivity contribution in [2.45, 2.75) is 13.5 Å². The fraction of sp³-hybridized carbons (Fsp3) is 0.455. The average molecular weight is 195 g/mol. The van der Waals surface area contributed by atoms with Crippen LogP contribution in [0.3, 0.4) is 0 Å². The molecule has 2 heteroatoms. The molecule has 0 atom stereocenters. The van der Waals surface area contributed by atoms with Gasteiger partial charge < -0.3 is 5.32 Å². The van der Waals surface area contributed by atoms with Crippen LogP contribution in [0.1, 0.15) is 12.5 Å². The molecule has 13 heavy (non-hydrogen) atoms. The summed E-state index contributed by atoms with van der Waals surface area (Å²) in [5.74, 6) is 2.43. The Kier molecular flexibility index (Phi) is 5.70. The molecule has 0 spiro atoms. The van der Waals surface area contributed by atoms with E-state index in [1.807, 2.05) is 11.8 Å². The smallest absolute Gasteiger partial charge is 0.0205 e. The molecule has 1 aromatic rings. The van der Waals surface area contributed by atoms with Crippen molar-refractivity contribution in [1.29, 1.82) is 0 Å². The van der Waals surface area contributed by atoms with E-state index in [1.54, 1.807) is 0 Å². The van der Waals surface area contributed by atoms with E-state index in [-0.39, 0.29) is 0 Å². The highest BCUT2D eigenvalue weighted by molar-refractivity contribution is 7.99. The van der Waals surface area contributed by atoms with Crippen LogP contribution < -0.4 is 5.32 Å². The lowest BCUT2D eigenvalue weighted by molar-refractivity contribution is 0.732. The summed E-state index contributed by atoms with van der Waals surface area (Å²) in [4.78, 5) is 0. The second-order valence-electron chi connectivity index (χ2n) is 2.86. The van der Waals surface area contributed by atoms with E-state index < -0.39 is 0 Å². The molecule has 1 rings (SSSR count). The fourth-order valence-electron chi connectivity index (χ4n) is 1.12. The largest absolute Gasteiger partial charge is 0.312 e. The summed E-state index contributed by atoms with van der Waals surface area (Å²) < 4.78 is 0. The highest BCUT2D eigenvalue weighted by atomic mass is 32.2. The lowest BCUT2D eigenvalue weighted by atomic mass is 10.2. The van der Waals surface area contributed by atoms with Crippen molar-refractivity contribution >= 4 is 11.8 Å². The zero-order valence-electron chi connectivity index (χ0n) is 8.12. The molecule has 0 bridgehead atoms. The number of hydrogen-bond donors (Lipinski definition) is 1. The second kappa shape index (κ2) is 6.98. The standard InChI is InChI=1S/C11H17NS/c1-2-13-9-8-12-10-11-6-4-3-5-7-11/h3-7,12H,2,8-10H2,1H3. The minimum atomic E-state index is 0.991. The van der Waals surface area contributed by atoms with Gasteiger partial charge in [0.15, 0.2) is 0 Å². The predicted molar refractivity (Wildman–Crippen MR) is 61.1 cm³/mol. The van der Waals surface area contributed by atoms with E-state index in [0.717, 1.165) is 13.1 Å². The third kappa shape index (κ3) is 4.96. The molecule has 0 aliphatic carbocycles. The first-order valence-electron chi connectivity index (χ1n) is 4.76. The van der Waals surface area contributed by atoms with Gasteiger partial charge in [-0.25, -0.2) is 0 Å². The summed E-state index contributed by atoms with van der Waals surface area (Å²) in [6.45, 7) is 4.29. The zero-order valence-corrected chi connectivity index (χ0v) is 8.94. The molecule has 1 aromatic carbocycles. The molecule has 0 aliphatic rings. The molecule has 0 saturated heterocycles. The summed E-state index contributed by atoms with van der Waals surface area (Å²) in [7, 11) is 0. The van der Waals surface area contributed by atoms with Crippen LogP contribution in [0.4, 0.5) is 0 Å². The highest BCUT2D eigenvalue weighted by Crippen LogP contribution is 1.98. The van der Waals surface area contributed by atoms with Crippen molar-refractivity contribution < 1.29 is 0 Å². The Labute approximate surface area is 84.9 Å². The Balaban J connectivity index is 2.07. The number of benzene rings is 1. The number of nitrogens with one attached hydrogen (secondary N) is 1. The lowest BCUT2D eigenvalue weighted by Crippen LogP contribution is -2.16. The van der Waals surface area contributed by atoms with Crippen molar-refractivity contribution in [3.63, 3.8) is 0 Å². The Morgan fingerprint density at radius 2 is 2.00 bits per heavy atom. The third-order valence-electron chi connectivity index (χ3n) is 1.80. The summed E-state index contributed by atoms with van der Waals surface area (Å²) in [5.41, 5.74) is 1.36. The van der Waals surface area contributed by atoms with Gasteiger partial charge in [-0.05, 0) is 11.3 Å². The molecular weight excluding hydrogens is 178 g/mol. The third-order valence-corrected chi connectivity index (χ3v) is 2.70. The molecule has 0 aromatic heterocycles. The van der Waals surface area contributed by atoms with Gasteiger partial charge in [0.25, 0.3) is 0 Å². The Hall–Kier alpha value is -0.470. The van der Waals surface area contributed by atoms with Gasteiger partial charge in [-0.3, -0.25) is 0 Å². The van der Waals surface area contributed by atoms with Crippen molar-refractivity contribution in [1.82, 2.24) is 5.32 Å². The maximum absolute atomic E-state index is 3.42. The van der Waals surface area contributed by atoms with Crippen molar-refractivity contribution in [2.24, 2.45) is 0 Å². The van der Waals surface area contributed by atoms with Gasteiger partial charge in [-0.2, -0.15) is 11.8 Å². The summed E-state index contributed by atoms with van der Waals surface area (Å²) in [6, 6.07) is 10.5. The fourth-order valence-corrected chi connectivity index (χ4v) is 1.69. The lowest BCUT2D eigenvalue weighted by Gasteiger charge is -2.03. The summed E-state index contributed by atoms with van der Waals surface area (Å²) >= 11 is 1.98. The Bertz CT molecular complexity index is 211. The van der Waals surface area contributed by atoms with E-state index in [4.69, 9.17) is 0 Å². The normalized spacial score (nSPS) is 10.2. The zero-order chi connectivity index (χ0) is 9.36. The molecule has 72 valence electrons. The first kappa shape index (κ1) is 10.6. The minimum Gasteiger partial charge on any atom is -0.312 e. The Morgan fingerprint density at radius 3 is 2.69 bits per heavy atom. The van der Waals surface area contributed by atoms with Crippen LogP contribution in [-0.2, 0) is 6.54 Å². The van der Waals surface area contributed by atoms with Crippen molar-refractivity contribution in [2.75, 3.05) is 18.1 Å². The van der Waals surface area contributed by atoms with E-state index in [1.165, 1.54) is 17.1 Å². The molecule has 0 radical (unpaired) electrons. The molecule has 0 aliphatic heterocycles. The molecule has 0 unspecified atom stereocenters. The van der Waals surface area contributed by atoms with E-state index in [9.17, 15) is 0 Å². The maximum atomic E-state index is 3.42. The van der Waals surface area contributed by atoms with Crippen LogP contribution in [0.2, 0.25) is 0 Å². The Morgan fingerprint density at radius 1 is 1.23 bits per heavy atom. The van der Waals surface area contributed by atoms with Gasteiger partial charge in [0.05, 0.1) is 0 Å². The van der Waals surface area contributed by atoms with Crippen LogP contribution in [0, 0.1) is 0 Å². The number of hydrogen-bond acceptors (Lipinski definition) is 2. The summed E-state index contributed by atoms with van der Waals surface area (Å²) in [6.07, 6.45) is 0. The van der Waals surface area contributed by atoms with E-state index in [2.05, 4.69) is 42.6 Å². The first-order valence-corrected chi connectivity index (χ1v) is 5.91. The number of thioether (sulfide) groups is 1. The van der Waals surface area contributed by atoms with Crippen LogP contribution in [-0.4, -0.2) is 18.1 Å². The molecule has 1 N–H and O–H groups in total. The average Bonchev–Trinajstić information content (AvgIpc) is 2.19. The second-order valence-corrected chi connectivity index (χ2v) is 4.25. The molecule has 0 saturated carbocycles. The van der Waals surface area contributed by atoms with Gasteiger partial charge in [-0.1, -0.05) is 37.3 Å². The van der Waals surface area contributed by atoms with Crippen molar-refractivity contribution in [3.8, 4) is 0 Å². The van der Waals surface area contributed by atoms with E-state index in [0.29, 0.717) is 0 Å². The quantitative estimate of drug-likeness (QED) is 0.700. The van der Waals surface area contributed by atoms with Crippen molar-refractivity contribution in [3.05, 3.63) is 35.9 Å². The first-order chi connectivity index (χ1) is 6.43. The summed E-state index contributed by atoms with van der Waals surface area (Å²) in [5, 5.41) is 3.42. The minimum absolute atomic E-state index is 0.991. The van der Waals surface area contributed by atoms with Crippen LogP contribution in [0.25, 0.3) is 0 Å². The predicted octanol–water partition coefficient (Wildman–Crippen LogP) is 2.53. The van der Waals surface area contributed by atoms with E-state index >= 15 is 0 Å². The monoisotopic (exact) mass is 195 g/mol. The van der Waals surface area contributed by atoms with Crippen LogP contribution >= 0.6 is 11.8 Å². The van der Waals surface area contributed by atoms with Gasteiger partial charge in [0, 0.05) is 18.8 Å². The molecule has 0 amide bonds. The molecule has 0 heterocycles. The molecule has 0 fully saturated rings. The maximum Gasteiger partial charge on any atom is 0.0205 e. The highest BCUT2D eigenvalue weighted by Gasteiger charge is 1.89. The SMILES string of the molecule is CCSCCNCc1ccccc1. The van der Waals surface area contributed by atoms with Gasteiger partial charge in [-0.15, -0.1) is 0 Å².